The fraction of sp³-hybridized carbons (Fsp3) is 0.0667. The Morgan fingerprint density at radius 2 is 1.96 bits per heavy atom. The SMILES string of the molecule is O=C(N/N=C\c1cc(O)ccc1[N+](=O)[O-])[C@@H](O)c1ccccc1. The lowest BCUT2D eigenvalue weighted by Gasteiger charge is -2.08. The third-order valence-electron chi connectivity index (χ3n) is 2.95. The zero-order valence-electron chi connectivity index (χ0n) is 11.8. The van der Waals surface area contributed by atoms with Gasteiger partial charge in [0.2, 0.25) is 0 Å². The first kappa shape index (κ1) is 16.1. The van der Waals surface area contributed by atoms with Crippen molar-refractivity contribution < 1.29 is 19.9 Å². The van der Waals surface area contributed by atoms with Crippen molar-refractivity contribution in [1.82, 2.24) is 5.43 Å². The van der Waals surface area contributed by atoms with Crippen LogP contribution < -0.4 is 5.43 Å². The number of aromatic hydroxyl groups is 1. The summed E-state index contributed by atoms with van der Waals surface area (Å²) < 4.78 is 0. The molecule has 0 saturated heterocycles. The van der Waals surface area contributed by atoms with Crippen LogP contribution in [0.3, 0.4) is 0 Å². The molecule has 0 aliphatic carbocycles. The maximum atomic E-state index is 11.8. The van der Waals surface area contributed by atoms with Crippen LogP contribution in [0.4, 0.5) is 5.69 Å². The average molecular weight is 315 g/mol. The van der Waals surface area contributed by atoms with E-state index in [0.29, 0.717) is 5.56 Å². The number of aliphatic hydroxyl groups excluding tert-OH is 1. The van der Waals surface area contributed by atoms with Crippen LogP contribution in [0.25, 0.3) is 0 Å². The number of carbonyl (C=O) groups excluding carboxylic acids is 1. The minimum Gasteiger partial charge on any atom is -0.508 e. The standard InChI is InChI=1S/C15H13N3O5/c19-12-6-7-13(18(22)23)11(8-12)9-16-17-15(21)14(20)10-4-2-1-3-5-10/h1-9,14,19-20H,(H,17,21)/b16-9-/t14-/m0/s1. The molecule has 23 heavy (non-hydrogen) atoms. The molecule has 118 valence electrons. The number of benzene rings is 2. The van der Waals surface area contributed by atoms with E-state index in [-0.39, 0.29) is 17.0 Å². The Labute approximate surface area is 130 Å². The summed E-state index contributed by atoms with van der Waals surface area (Å²) in [7, 11) is 0. The van der Waals surface area contributed by atoms with E-state index in [1.807, 2.05) is 0 Å². The van der Waals surface area contributed by atoms with Gasteiger partial charge in [0.05, 0.1) is 16.7 Å². The smallest absolute Gasteiger partial charge is 0.278 e. The quantitative estimate of drug-likeness (QED) is 0.438. The number of nitro benzene ring substituents is 1. The van der Waals surface area contributed by atoms with Gasteiger partial charge < -0.3 is 10.2 Å². The highest BCUT2D eigenvalue weighted by atomic mass is 16.6. The number of carbonyl (C=O) groups is 1. The number of amides is 1. The molecule has 0 aliphatic rings. The monoisotopic (exact) mass is 315 g/mol. The molecule has 0 heterocycles. The van der Waals surface area contributed by atoms with E-state index in [0.717, 1.165) is 18.3 Å². The van der Waals surface area contributed by atoms with Crippen LogP contribution in [-0.4, -0.2) is 27.3 Å². The van der Waals surface area contributed by atoms with E-state index in [1.165, 1.54) is 6.07 Å². The Morgan fingerprint density at radius 1 is 1.26 bits per heavy atom. The van der Waals surface area contributed by atoms with Gasteiger partial charge in [-0.25, -0.2) is 5.43 Å². The fourth-order valence-electron chi connectivity index (χ4n) is 1.82. The summed E-state index contributed by atoms with van der Waals surface area (Å²) in [6, 6.07) is 11.7. The van der Waals surface area contributed by atoms with Crippen LogP contribution in [0, 0.1) is 10.1 Å². The van der Waals surface area contributed by atoms with Crippen molar-refractivity contribution >= 4 is 17.8 Å². The highest BCUT2D eigenvalue weighted by Gasteiger charge is 2.16. The number of phenolic OH excluding ortho intramolecular Hbond substituents is 1. The molecule has 0 radical (unpaired) electrons. The molecule has 0 aliphatic heterocycles. The van der Waals surface area contributed by atoms with Gasteiger partial charge in [-0.3, -0.25) is 14.9 Å². The number of hydrazone groups is 1. The Kier molecular flexibility index (Phi) is 5.00. The third kappa shape index (κ3) is 4.11. The van der Waals surface area contributed by atoms with E-state index in [9.17, 15) is 25.1 Å². The predicted molar refractivity (Wildman–Crippen MR) is 81.9 cm³/mol. The molecule has 0 bridgehead atoms. The zero-order chi connectivity index (χ0) is 16.8. The number of hydrogen-bond donors (Lipinski definition) is 3. The molecular weight excluding hydrogens is 302 g/mol. The van der Waals surface area contributed by atoms with E-state index < -0.39 is 16.9 Å². The van der Waals surface area contributed by atoms with Crippen molar-refractivity contribution in [2.45, 2.75) is 6.10 Å². The number of hydrogen-bond acceptors (Lipinski definition) is 6. The van der Waals surface area contributed by atoms with Crippen LogP contribution in [-0.2, 0) is 4.79 Å². The first-order chi connectivity index (χ1) is 11.0. The lowest BCUT2D eigenvalue weighted by molar-refractivity contribution is -0.385. The van der Waals surface area contributed by atoms with Gasteiger partial charge in [-0.2, -0.15) is 5.10 Å². The molecule has 1 atom stereocenters. The van der Waals surface area contributed by atoms with Gasteiger partial charge in [0.1, 0.15) is 5.75 Å². The summed E-state index contributed by atoms with van der Waals surface area (Å²) in [6.45, 7) is 0. The third-order valence-corrected chi connectivity index (χ3v) is 2.95. The summed E-state index contributed by atoms with van der Waals surface area (Å²) in [5.74, 6) is -0.956. The second kappa shape index (κ2) is 7.14. The highest BCUT2D eigenvalue weighted by Crippen LogP contribution is 2.21. The highest BCUT2D eigenvalue weighted by molar-refractivity contribution is 5.88. The molecule has 2 rings (SSSR count). The van der Waals surface area contributed by atoms with Crippen molar-refractivity contribution in [3.05, 3.63) is 69.8 Å². The molecule has 0 aromatic heterocycles. The molecule has 0 fully saturated rings. The van der Waals surface area contributed by atoms with Gasteiger partial charge in [-0.15, -0.1) is 0 Å². The molecular formula is C15H13N3O5. The van der Waals surface area contributed by atoms with Gasteiger partial charge >= 0.3 is 0 Å². The second-order valence-corrected chi connectivity index (χ2v) is 4.55. The molecule has 3 N–H and O–H groups in total. The Balaban J connectivity index is 2.09. The van der Waals surface area contributed by atoms with Crippen molar-refractivity contribution in [1.29, 1.82) is 0 Å². The molecule has 0 saturated carbocycles. The van der Waals surface area contributed by atoms with Crippen LogP contribution in [0.1, 0.15) is 17.2 Å². The zero-order valence-corrected chi connectivity index (χ0v) is 11.8. The molecule has 0 spiro atoms. The molecule has 1 amide bonds. The summed E-state index contributed by atoms with van der Waals surface area (Å²) in [5, 5.41) is 33.6. The van der Waals surface area contributed by atoms with Crippen molar-refractivity contribution in [3.63, 3.8) is 0 Å². The maximum Gasteiger partial charge on any atom is 0.278 e. The number of rotatable bonds is 5. The lowest BCUT2D eigenvalue weighted by Crippen LogP contribution is -2.25. The van der Waals surface area contributed by atoms with Gasteiger partial charge in [-0.1, -0.05) is 30.3 Å². The van der Waals surface area contributed by atoms with Gasteiger partial charge in [0.25, 0.3) is 11.6 Å². The van der Waals surface area contributed by atoms with Crippen molar-refractivity contribution in [2.75, 3.05) is 0 Å². The fourth-order valence-corrected chi connectivity index (χ4v) is 1.82. The maximum absolute atomic E-state index is 11.8. The number of nitrogens with zero attached hydrogens (tertiary/aromatic N) is 2. The van der Waals surface area contributed by atoms with Crippen LogP contribution >= 0.6 is 0 Å². The first-order valence-corrected chi connectivity index (χ1v) is 6.52. The average Bonchev–Trinajstić information content (AvgIpc) is 2.54. The Morgan fingerprint density at radius 3 is 2.61 bits per heavy atom. The molecule has 8 nitrogen and oxygen atoms in total. The normalized spacial score (nSPS) is 12.0. The molecule has 0 unspecified atom stereocenters. The van der Waals surface area contributed by atoms with Gasteiger partial charge in [-0.05, 0) is 17.7 Å². The predicted octanol–water partition coefficient (Wildman–Crippen LogP) is 1.48. The van der Waals surface area contributed by atoms with Crippen LogP contribution in [0.5, 0.6) is 5.75 Å². The molecule has 2 aromatic rings. The number of phenols is 1. The summed E-state index contributed by atoms with van der Waals surface area (Å²) >= 11 is 0. The van der Waals surface area contributed by atoms with Gasteiger partial charge in [0, 0.05) is 6.07 Å². The van der Waals surface area contributed by atoms with Crippen LogP contribution in [0.2, 0.25) is 0 Å². The van der Waals surface area contributed by atoms with Crippen molar-refractivity contribution in [2.24, 2.45) is 5.10 Å². The van der Waals surface area contributed by atoms with Crippen molar-refractivity contribution in [3.8, 4) is 5.75 Å². The largest absolute Gasteiger partial charge is 0.508 e. The lowest BCUT2D eigenvalue weighted by atomic mass is 10.1. The Bertz CT molecular complexity index is 746. The molecule has 2 aromatic carbocycles. The van der Waals surface area contributed by atoms with E-state index in [4.69, 9.17) is 0 Å². The summed E-state index contributed by atoms with van der Waals surface area (Å²) in [4.78, 5) is 22.0. The van der Waals surface area contributed by atoms with E-state index in [2.05, 4.69) is 10.5 Å². The number of nitrogens with one attached hydrogen (secondary N) is 1. The first-order valence-electron chi connectivity index (χ1n) is 6.52. The number of aliphatic hydroxyl groups is 1. The minimum absolute atomic E-state index is 0.0181. The van der Waals surface area contributed by atoms with E-state index >= 15 is 0 Å². The summed E-state index contributed by atoms with van der Waals surface area (Å²) in [6.07, 6.45) is -0.388. The topological polar surface area (TPSA) is 125 Å². The second-order valence-electron chi connectivity index (χ2n) is 4.55. The number of nitro groups is 1. The van der Waals surface area contributed by atoms with Crippen LogP contribution in [0.15, 0.2) is 53.6 Å². The molecule has 8 heteroatoms. The Hall–Kier alpha value is -3.26. The summed E-state index contributed by atoms with van der Waals surface area (Å²) in [5.41, 5.74) is 2.23. The minimum atomic E-state index is -1.41. The van der Waals surface area contributed by atoms with Gasteiger partial charge in [0.15, 0.2) is 6.10 Å². The van der Waals surface area contributed by atoms with E-state index in [1.54, 1.807) is 30.3 Å².